The maximum Gasteiger partial charge on any atom is 0.0997 e. The summed E-state index contributed by atoms with van der Waals surface area (Å²) < 4.78 is 2.15. The summed E-state index contributed by atoms with van der Waals surface area (Å²) >= 11 is 0. The molecule has 17 heavy (non-hydrogen) atoms. The molecule has 1 aromatic heterocycles. The Morgan fingerprint density at radius 1 is 1.41 bits per heavy atom. The van der Waals surface area contributed by atoms with Crippen molar-refractivity contribution in [1.82, 2.24) is 25.2 Å². The van der Waals surface area contributed by atoms with Gasteiger partial charge in [-0.1, -0.05) is 19.1 Å². The molecule has 0 bridgehead atoms. The molecule has 2 rings (SSSR count). The number of rotatable bonds is 4. The number of aromatic nitrogens is 3. The predicted octanol–water partition coefficient (Wildman–Crippen LogP) is 0.682. The van der Waals surface area contributed by atoms with Crippen LogP contribution in [0.3, 0.4) is 0 Å². The number of nitrogens with zero attached hydrogens (tertiary/aromatic N) is 4. The molecule has 0 saturated carbocycles. The fourth-order valence-corrected chi connectivity index (χ4v) is 2.37. The smallest absolute Gasteiger partial charge is 0.0997 e. The molecule has 0 aliphatic carbocycles. The first-order chi connectivity index (χ1) is 8.09. The molecular formula is C12H23N5. The van der Waals surface area contributed by atoms with Crippen LogP contribution in [0.25, 0.3) is 0 Å². The molecule has 0 fully saturated rings. The van der Waals surface area contributed by atoms with Gasteiger partial charge in [0, 0.05) is 26.1 Å². The van der Waals surface area contributed by atoms with Crippen LogP contribution in [-0.4, -0.2) is 47.1 Å². The Balaban J connectivity index is 2.26. The number of likely N-dealkylation sites (N-methyl/N-ethyl adjacent to an activating group) is 1. The highest BCUT2D eigenvalue weighted by Gasteiger charge is 2.24. The van der Waals surface area contributed by atoms with Gasteiger partial charge in [0.05, 0.1) is 17.4 Å². The van der Waals surface area contributed by atoms with E-state index in [1.165, 1.54) is 5.69 Å². The van der Waals surface area contributed by atoms with Gasteiger partial charge in [-0.2, -0.15) is 0 Å². The van der Waals surface area contributed by atoms with Gasteiger partial charge in [-0.25, -0.2) is 4.68 Å². The molecule has 2 heterocycles. The minimum absolute atomic E-state index is 0.416. The van der Waals surface area contributed by atoms with Crippen LogP contribution in [-0.2, 0) is 13.0 Å². The highest BCUT2D eigenvalue weighted by molar-refractivity contribution is 5.14. The van der Waals surface area contributed by atoms with E-state index in [9.17, 15) is 0 Å². The molecule has 1 aliphatic rings. The van der Waals surface area contributed by atoms with Gasteiger partial charge in [-0.3, -0.25) is 0 Å². The van der Waals surface area contributed by atoms with Gasteiger partial charge in [0.2, 0.25) is 0 Å². The van der Waals surface area contributed by atoms with E-state index in [-0.39, 0.29) is 0 Å². The maximum absolute atomic E-state index is 4.37. The van der Waals surface area contributed by atoms with Gasteiger partial charge in [0.15, 0.2) is 0 Å². The molecule has 0 amide bonds. The lowest BCUT2D eigenvalue weighted by Gasteiger charge is -2.27. The van der Waals surface area contributed by atoms with Gasteiger partial charge in [0.25, 0.3) is 0 Å². The minimum Gasteiger partial charge on any atom is -0.311 e. The number of fused-ring (bicyclic) bond motifs is 1. The first kappa shape index (κ1) is 12.5. The van der Waals surface area contributed by atoms with E-state index in [4.69, 9.17) is 0 Å². The van der Waals surface area contributed by atoms with Crippen LogP contribution in [0.5, 0.6) is 0 Å². The van der Waals surface area contributed by atoms with Crippen molar-refractivity contribution in [3.8, 4) is 0 Å². The van der Waals surface area contributed by atoms with E-state index in [1.54, 1.807) is 0 Å². The highest BCUT2D eigenvalue weighted by atomic mass is 15.5. The summed E-state index contributed by atoms with van der Waals surface area (Å²) in [6, 6.07) is 0.416. The van der Waals surface area contributed by atoms with Gasteiger partial charge in [0.1, 0.15) is 0 Å². The van der Waals surface area contributed by atoms with Crippen molar-refractivity contribution in [2.45, 2.75) is 32.9 Å². The normalized spacial score (nSPS) is 17.5. The van der Waals surface area contributed by atoms with E-state index < -0.39 is 0 Å². The second-order valence-electron chi connectivity index (χ2n) is 5.43. The van der Waals surface area contributed by atoms with Gasteiger partial charge < -0.3 is 10.2 Å². The first-order valence-corrected chi connectivity index (χ1v) is 6.38. The Labute approximate surface area is 103 Å². The molecule has 96 valence electrons. The number of hydrogen-bond acceptors (Lipinski definition) is 4. The zero-order valence-corrected chi connectivity index (χ0v) is 11.3. The fraction of sp³-hybridized carbons (Fsp3) is 0.833. The van der Waals surface area contributed by atoms with Gasteiger partial charge in [-0.05, 0) is 20.0 Å². The highest BCUT2D eigenvalue weighted by Crippen LogP contribution is 2.22. The third-order valence-corrected chi connectivity index (χ3v) is 3.34. The summed E-state index contributed by atoms with van der Waals surface area (Å²) in [5, 5.41) is 12.0. The Bertz CT molecular complexity index is 369. The van der Waals surface area contributed by atoms with Gasteiger partial charge in [-0.15, -0.1) is 5.10 Å². The Morgan fingerprint density at radius 2 is 2.18 bits per heavy atom. The van der Waals surface area contributed by atoms with Gasteiger partial charge >= 0.3 is 0 Å². The van der Waals surface area contributed by atoms with Crippen LogP contribution in [0.4, 0.5) is 0 Å². The molecular weight excluding hydrogens is 214 g/mol. The lowest BCUT2D eigenvalue weighted by atomic mass is 10.0. The molecule has 1 aromatic rings. The molecule has 1 atom stereocenters. The molecule has 0 spiro atoms. The Morgan fingerprint density at radius 3 is 2.82 bits per heavy atom. The second-order valence-corrected chi connectivity index (χ2v) is 5.43. The van der Waals surface area contributed by atoms with Crippen LogP contribution in [0, 0.1) is 5.92 Å². The monoisotopic (exact) mass is 237 g/mol. The molecule has 5 nitrogen and oxygen atoms in total. The van der Waals surface area contributed by atoms with Crippen molar-refractivity contribution in [2.24, 2.45) is 5.92 Å². The summed E-state index contributed by atoms with van der Waals surface area (Å²) in [7, 11) is 4.22. The standard InChI is InChI=1S/C12H23N5/c1-9(2)12(8-16(3)4)17-11-5-6-13-7-10(11)14-15-17/h9,12-13H,5-8H2,1-4H3. The summed E-state index contributed by atoms with van der Waals surface area (Å²) in [6.07, 6.45) is 1.04. The van der Waals surface area contributed by atoms with E-state index >= 15 is 0 Å². The van der Waals surface area contributed by atoms with Crippen LogP contribution >= 0.6 is 0 Å². The zero-order valence-electron chi connectivity index (χ0n) is 11.3. The third kappa shape index (κ3) is 2.66. The predicted molar refractivity (Wildman–Crippen MR) is 67.9 cm³/mol. The summed E-state index contributed by atoms with van der Waals surface area (Å²) in [5.74, 6) is 0.568. The maximum atomic E-state index is 4.37. The average molecular weight is 237 g/mol. The molecule has 5 heteroatoms. The third-order valence-electron chi connectivity index (χ3n) is 3.34. The minimum atomic E-state index is 0.416. The zero-order chi connectivity index (χ0) is 12.4. The average Bonchev–Trinajstić information content (AvgIpc) is 2.69. The van der Waals surface area contributed by atoms with Crippen LogP contribution < -0.4 is 5.32 Å². The van der Waals surface area contributed by atoms with Crippen molar-refractivity contribution in [2.75, 3.05) is 27.2 Å². The van der Waals surface area contributed by atoms with Crippen LogP contribution in [0.2, 0.25) is 0 Å². The molecule has 0 radical (unpaired) electrons. The van der Waals surface area contributed by atoms with E-state index in [2.05, 4.69) is 53.2 Å². The summed E-state index contributed by atoms with van der Waals surface area (Å²) in [5.41, 5.74) is 2.45. The fourth-order valence-electron chi connectivity index (χ4n) is 2.37. The first-order valence-electron chi connectivity index (χ1n) is 6.38. The molecule has 0 aromatic carbocycles. The molecule has 1 aliphatic heterocycles. The Kier molecular flexibility index (Phi) is 3.79. The van der Waals surface area contributed by atoms with Crippen molar-refractivity contribution in [3.05, 3.63) is 11.4 Å². The lowest BCUT2D eigenvalue weighted by molar-refractivity contribution is 0.245. The van der Waals surface area contributed by atoms with Crippen molar-refractivity contribution < 1.29 is 0 Å². The Hall–Kier alpha value is -0.940. The molecule has 1 unspecified atom stereocenters. The number of hydrogen-bond donors (Lipinski definition) is 1. The van der Waals surface area contributed by atoms with Crippen molar-refractivity contribution >= 4 is 0 Å². The lowest BCUT2D eigenvalue weighted by Crippen LogP contribution is -2.32. The molecule has 0 saturated heterocycles. The SMILES string of the molecule is CC(C)C(CN(C)C)n1nnc2c1CCNC2. The van der Waals surface area contributed by atoms with Crippen molar-refractivity contribution in [1.29, 1.82) is 0 Å². The van der Waals surface area contributed by atoms with E-state index in [0.717, 1.165) is 31.7 Å². The second kappa shape index (κ2) is 5.14. The summed E-state index contributed by atoms with van der Waals surface area (Å²) in [6.45, 7) is 7.42. The topological polar surface area (TPSA) is 46.0 Å². The largest absolute Gasteiger partial charge is 0.311 e. The van der Waals surface area contributed by atoms with E-state index in [1.807, 2.05) is 0 Å². The van der Waals surface area contributed by atoms with Crippen LogP contribution in [0.15, 0.2) is 0 Å². The quantitative estimate of drug-likeness (QED) is 0.836. The van der Waals surface area contributed by atoms with Crippen molar-refractivity contribution in [3.63, 3.8) is 0 Å². The number of nitrogens with one attached hydrogen (secondary N) is 1. The van der Waals surface area contributed by atoms with Crippen LogP contribution in [0.1, 0.15) is 31.3 Å². The molecule has 1 N–H and O–H groups in total. The van der Waals surface area contributed by atoms with E-state index in [0.29, 0.717) is 12.0 Å². The summed E-state index contributed by atoms with van der Waals surface area (Å²) in [4.78, 5) is 2.22.